The third-order valence-corrected chi connectivity index (χ3v) is 3.78. The van der Waals surface area contributed by atoms with Crippen LogP contribution in [0.5, 0.6) is 0 Å². The molecule has 0 bridgehead atoms. The van der Waals surface area contributed by atoms with Crippen molar-refractivity contribution in [2.45, 2.75) is 37.9 Å². The van der Waals surface area contributed by atoms with Crippen molar-refractivity contribution in [3.8, 4) is 0 Å². The summed E-state index contributed by atoms with van der Waals surface area (Å²) >= 11 is 0. The maximum atomic E-state index is 12.4. The fraction of sp³-hybridized carbons (Fsp3) is 0.625. The number of nitrogens with zero attached hydrogens (tertiary/aromatic N) is 1. The highest BCUT2D eigenvalue weighted by molar-refractivity contribution is 5.93. The van der Waals surface area contributed by atoms with Gasteiger partial charge in [0.2, 0.25) is 29.5 Å². The SMILES string of the molecule is C[C@H](NC(=O)CNC(=O)[C@H](CCCN=C(N)N)NC(=O)CNC(=O)[C@@H](N)CO)C(N)=O. The largest absolute Gasteiger partial charge is 0.394 e. The Morgan fingerprint density at radius 1 is 0.935 bits per heavy atom. The molecule has 5 amide bonds. The zero-order chi connectivity index (χ0) is 24.0. The molecule has 0 aliphatic carbocycles. The van der Waals surface area contributed by atoms with Gasteiger partial charge in [0.05, 0.1) is 19.7 Å². The molecule has 0 aromatic heterocycles. The van der Waals surface area contributed by atoms with Gasteiger partial charge in [-0.3, -0.25) is 29.0 Å². The normalized spacial score (nSPS) is 13.1. The van der Waals surface area contributed by atoms with E-state index in [0.29, 0.717) is 6.42 Å². The van der Waals surface area contributed by atoms with Crippen molar-refractivity contribution in [2.75, 3.05) is 26.2 Å². The summed E-state index contributed by atoms with van der Waals surface area (Å²) < 4.78 is 0. The molecule has 0 unspecified atom stereocenters. The molecule has 0 aromatic carbocycles. The zero-order valence-electron chi connectivity index (χ0n) is 17.2. The van der Waals surface area contributed by atoms with Gasteiger partial charge in [0.1, 0.15) is 18.1 Å². The summed E-state index contributed by atoms with van der Waals surface area (Å²) in [6, 6.07) is -3.17. The first-order chi connectivity index (χ1) is 14.5. The second-order valence-corrected chi connectivity index (χ2v) is 6.49. The van der Waals surface area contributed by atoms with Crippen LogP contribution in [-0.4, -0.2) is 85.0 Å². The van der Waals surface area contributed by atoms with Crippen molar-refractivity contribution >= 4 is 35.5 Å². The number of aliphatic imine (C=N–C) groups is 1. The number of aliphatic hydroxyl groups excluding tert-OH is 1. The third-order valence-electron chi connectivity index (χ3n) is 3.78. The van der Waals surface area contributed by atoms with E-state index in [9.17, 15) is 24.0 Å². The second kappa shape index (κ2) is 14.5. The van der Waals surface area contributed by atoms with E-state index in [1.807, 2.05) is 0 Å². The molecule has 0 saturated carbocycles. The number of primary amides is 1. The highest BCUT2D eigenvalue weighted by Gasteiger charge is 2.22. The summed E-state index contributed by atoms with van der Waals surface area (Å²) in [6.07, 6.45) is 0.445. The smallest absolute Gasteiger partial charge is 0.243 e. The van der Waals surface area contributed by atoms with Gasteiger partial charge in [-0.2, -0.15) is 0 Å². The first-order valence-corrected chi connectivity index (χ1v) is 9.33. The maximum Gasteiger partial charge on any atom is 0.243 e. The molecule has 0 spiro atoms. The second-order valence-electron chi connectivity index (χ2n) is 6.49. The van der Waals surface area contributed by atoms with Gasteiger partial charge in [-0.25, -0.2) is 0 Å². The van der Waals surface area contributed by atoms with E-state index in [0.717, 1.165) is 0 Å². The molecule has 15 heteroatoms. The van der Waals surface area contributed by atoms with E-state index in [2.05, 4.69) is 26.3 Å². The Hall–Kier alpha value is -3.46. The lowest BCUT2D eigenvalue weighted by Crippen LogP contribution is -2.53. The quantitative estimate of drug-likeness (QED) is 0.0698. The van der Waals surface area contributed by atoms with E-state index in [4.69, 9.17) is 28.0 Å². The summed E-state index contributed by atoms with van der Waals surface area (Å²) in [4.78, 5) is 62.5. The molecule has 0 aliphatic heterocycles. The summed E-state index contributed by atoms with van der Waals surface area (Å²) in [5.41, 5.74) is 20.8. The molecule has 3 atom stereocenters. The Kier molecular flexibility index (Phi) is 12.9. The van der Waals surface area contributed by atoms with Crippen LogP contribution in [-0.2, 0) is 24.0 Å². The summed E-state index contributed by atoms with van der Waals surface area (Å²) in [6.45, 7) is 0.0335. The molecule has 0 fully saturated rings. The number of guanidine groups is 1. The van der Waals surface area contributed by atoms with Crippen molar-refractivity contribution in [1.29, 1.82) is 0 Å². The molecule has 0 rings (SSSR count). The first kappa shape index (κ1) is 27.5. The van der Waals surface area contributed by atoms with E-state index >= 15 is 0 Å². The van der Waals surface area contributed by atoms with E-state index < -0.39 is 67.4 Å². The standard InChI is InChI=1S/C16H31N9O6/c1-8(13(18)29)24-11(27)5-23-15(31)10(3-2-4-21-16(19)20)25-12(28)6-22-14(30)9(17)7-26/h8-10,26H,2-7,17H2,1H3,(H2,18,29)(H,22,30)(H,23,31)(H,24,27)(H,25,28)(H4,19,20,21)/t8-,9-,10-/m0/s1. The number of hydrogen-bond donors (Lipinski definition) is 9. The number of amides is 5. The van der Waals surface area contributed by atoms with Crippen LogP contribution in [0.2, 0.25) is 0 Å². The lowest BCUT2D eigenvalue weighted by molar-refractivity contribution is -0.131. The topological polar surface area (TPSA) is 270 Å². The van der Waals surface area contributed by atoms with Gasteiger partial charge >= 0.3 is 0 Å². The van der Waals surface area contributed by atoms with Crippen LogP contribution in [0.25, 0.3) is 0 Å². The summed E-state index contributed by atoms with van der Waals surface area (Å²) in [5.74, 6) is -3.66. The lowest BCUT2D eigenvalue weighted by Gasteiger charge is -2.19. The number of rotatable bonds is 14. The molecular weight excluding hydrogens is 414 g/mol. The minimum absolute atomic E-state index is 0.123. The van der Waals surface area contributed by atoms with Crippen LogP contribution in [0, 0.1) is 0 Å². The molecule has 176 valence electrons. The Bertz CT molecular complexity index is 680. The number of aliphatic hydroxyl groups is 1. The molecule has 0 aliphatic rings. The van der Waals surface area contributed by atoms with Gasteiger partial charge in [-0.05, 0) is 19.8 Å². The molecule has 0 radical (unpaired) electrons. The van der Waals surface area contributed by atoms with Crippen molar-refractivity contribution < 1.29 is 29.1 Å². The molecule has 13 N–H and O–H groups in total. The Labute approximate surface area is 178 Å². The van der Waals surface area contributed by atoms with Gasteiger partial charge in [-0.1, -0.05) is 0 Å². The lowest BCUT2D eigenvalue weighted by atomic mass is 10.1. The minimum Gasteiger partial charge on any atom is -0.394 e. The highest BCUT2D eigenvalue weighted by Crippen LogP contribution is 1.99. The van der Waals surface area contributed by atoms with Gasteiger partial charge in [0, 0.05) is 6.54 Å². The van der Waals surface area contributed by atoms with Gasteiger partial charge < -0.3 is 49.3 Å². The number of nitrogens with two attached hydrogens (primary N) is 4. The fourth-order valence-corrected chi connectivity index (χ4v) is 2.05. The molecule has 0 saturated heterocycles. The maximum absolute atomic E-state index is 12.4. The molecule has 15 nitrogen and oxygen atoms in total. The van der Waals surface area contributed by atoms with Crippen molar-refractivity contribution in [3.63, 3.8) is 0 Å². The Balaban J connectivity index is 4.82. The van der Waals surface area contributed by atoms with E-state index in [1.165, 1.54) is 6.92 Å². The number of carbonyl (C=O) groups excluding carboxylic acids is 5. The van der Waals surface area contributed by atoms with Crippen LogP contribution in [0.3, 0.4) is 0 Å². The van der Waals surface area contributed by atoms with Crippen LogP contribution < -0.4 is 44.2 Å². The summed E-state index contributed by atoms with van der Waals surface area (Å²) in [7, 11) is 0. The van der Waals surface area contributed by atoms with Crippen LogP contribution >= 0.6 is 0 Å². The van der Waals surface area contributed by atoms with Gasteiger partial charge in [0.25, 0.3) is 0 Å². The van der Waals surface area contributed by atoms with Gasteiger partial charge in [0.15, 0.2) is 5.96 Å². The number of hydrogen-bond acceptors (Lipinski definition) is 8. The van der Waals surface area contributed by atoms with Crippen molar-refractivity contribution in [3.05, 3.63) is 0 Å². The third kappa shape index (κ3) is 12.7. The monoisotopic (exact) mass is 445 g/mol. The average Bonchev–Trinajstić information content (AvgIpc) is 2.71. The van der Waals surface area contributed by atoms with Crippen LogP contribution in [0.1, 0.15) is 19.8 Å². The van der Waals surface area contributed by atoms with Crippen LogP contribution in [0.4, 0.5) is 0 Å². The molecule has 31 heavy (non-hydrogen) atoms. The average molecular weight is 445 g/mol. The fourth-order valence-electron chi connectivity index (χ4n) is 2.05. The van der Waals surface area contributed by atoms with E-state index in [-0.39, 0.29) is 18.9 Å². The predicted octanol–water partition coefficient (Wildman–Crippen LogP) is -5.93. The first-order valence-electron chi connectivity index (χ1n) is 9.33. The predicted molar refractivity (Wildman–Crippen MR) is 110 cm³/mol. The zero-order valence-corrected chi connectivity index (χ0v) is 17.2. The Morgan fingerprint density at radius 3 is 2.00 bits per heavy atom. The van der Waals surface area contributed by atoms with Crippen LogP contribution in [0.15, 0.2) is 4.99 Å². The molecule has 0 heterocycles. The van der Waals surface area contributed by atoms with Crippen molar-refractivity contribution in [2.24, 2.45) is 27.9 Å². The number of carbonyl (C=O) groups is 5. The molecule has 0 aromatic rings. The van der Waals surface area contributed by atoms with Crippen molar-refractivity contribution in [1.82, 2.24) is 21.3 Å². The highest BCUT2D eigenvalue weighted by atomic mass is 16.3. The number of nitrogens with one attached hydrogen (secondary N) is 4. The minimum atomic E-state index is -1.19. The Morgan fingerprint density at radius 2 is 1.48 bits per heavy atom. The summed E-state index contributed by atoms with van der Waals surface area (Å²) in [5, 5.41) is 18.1. The van der Waals surface area contributed by atoms with E-state index in [1.54, 1.807) is 0 Å². The van der Waals surface area contributed by atoms with Gasteiger partial charge in [-0.15, -0.1) is 0 Å². The molecular formula is C16H31N9O6.